The number of amides is 1. The average Bonchev–Trinajstić information content (AvgIpc) is 2.75. The predicted octanol–water partition coefficient (Wildman–Crippen LogP) is 2.48. The van der Waals surface area contributed by atoms with E-state index in [1.54, 1.807) is 0 Å². The molecule has 0 atom stereocenters. The number of nitrogens with one attached hydrogen (secondary N) is 1. The van der Waals surface area contributed by atoms with Crippen molar-refractivity contribution in [3.8, 4) is 0 Å². The Labute approximate surface area is 117 Å². The van der Waals surface area contributed by atoms with E-state index in [0.29, 0.717) is 6.54 Å². The molecule has 2 aromatic heterocycles. The zero-order valence-electron chi connectivity index (χ0n) is 9.28. The van der Waals surface area contributed by atoms with Gasteiger partial charge in [-0.15, -0.1) is 21.5 Å². The van der Waals surface area contributed by atoms with Crippen LogP contribution in [-0.2, 0) is 6.54 Å². The van der Waals surface area contributed by atoms with Crippen LogP contribution in [0.2, 0.25) is 10.3 Å². The first kappa shape index (κ1) is 13.2. The molecule has 18 heavy (non-hydrogen) atoms. The Morgan fingerprint density at radius 1 is 1.44 bits per heavy atom. The Hall–Kier alpha value is -1.24. The summed E-state index contributed by atoms with van der Waals surface area (Å²) in [6.45, 7) is 2.23. The molecule has 94 valence electrons. The summed E-state index contributed by atoms with van der Waals surface area (Å²) < 4.78 is 0. The lowest BCUT2D eigenvalue weighted by atomic mass is 10.3. The van der Waals surface area contributed by atoms with E-state index in [4.69, 9.17) is 23.2 Å². The molecule has 0 unspecified atom stereocenters. The van der Waals surface area contributed by atoms with E-state index >= 15 is 0 Å². The molecule has 1 N–H and O–H groups in total. The van der Waals surface area contributed by atoms with Gasteiger partial charge in [0.25, 0.3) is 5.91 Å². The molecule has 0 aliphatic carbocycles. The Bertz CT molecular complexity index is 587. The van der Waals surface area contributed by atoms with Crippen molar-refractivity contribution in [1.82, 2.24) is 20.5 Å². The van der Waals surface area contributed by atoms with Crippen LogP contribution in [0.5, 0.6) is 0 Å². The van der Waals surface area contributed by atoms with Crippen LogP contribution in [0.3, 0.4) is 0 Å². The van der Waals surface area contributed by atoms with Crippen LogP contribution in [0.1, 0.15) is 21.1 Å². The molecule has 2 rings (SSSR count). The van der Waals surface area contributed by atoms with Crippen LogP contribution in [0.15, 0.2) is 11.4 Å². The summed E-state index contributed by atoms with van der Waals surface area (Å²) in [7, 11) is 0. The minimum atomic E-state index is -0.359. The lowest BCUT2D eigenvalue weighted by molar-refractivity contribution is 0.0950. The molecule has 2 aromatic rings. The third kappa shape index (κ3) is 3.16. The summed E-state index contributed by atoms with van der Waals surface area (Å²) in [6, 6.07) is 1.37. The fourth-order valence-corrected chi connectivity index (χ4v) is 2.21. The van der Waals surface area contributed by atoms with Gasteiger partial charge in [-0.25, -0.2) is 4.98 Å². The topological polar surface area (TPSA) is 67.8 Å². The van der Waals surface area contributed by atoms with E-state index in [2.05, 4.69) is 20.5 Å². The van der Waals surface area contributed by atoms with Crippen molar-refractivity contribution in [1.29, 1.82) is 0 Å². The SMILES string of the molecule is Cc1nc(CNC(=O)c2cc(Cl)nnc2Cl)cs1. The maximum atomic E-state index is 11.9. The van der Waals surface area contributed by atoms with Crippen LogP contribution in [0.25, 0.3) is 0 Å². The first-order valence-electron chi connectivity index (χ1n) is 4.94. The molecular formula is C10H8Cl2N4OS. The van der Waals surface area contributed by atoms with Crippen LogP contribution in [-0.4, -0.2) is 21.1 Å². The van der Waals surface area contributed by atoms with Gasteiger partial charge in [0.05, 0.1) is 22.8 Å². The van der Waals surface area contributed by atoms with Crippen molar-refractivity contribution < 1.29 is 4.79 Å². The Kier molecular flexibility index (Phi) is 4.11. The number of hydrogen-bond acceptors (Lipinski definition) is 5. The van der Waals surface area contributed by atoms with Gasteiger partial charge in [-0.05, 0) is 13.0 Å². The van der Waals surface area contributed by atoms with E-state index in [-0.39, 0.29) is 21.8 Å². The molecular weight excluding hydrogens is 295 g/mol. The molecule has 0 spiro atoms. The quantitative estimate of drug-likeness (QED) is 0.946. The monoisotopic (exact) mass is 302 g/mol. The van der Waals surface area contributed by atoms with Crippen molar-refractivity contribution in [3.05, 3.63) is 38.0 Å². The smallest absolute Gasteiger partial charge is 0.254 e. The molecule has 0 saturated heterocycles. The highest BCUT2D eigenvalue weighted by molar-refractivity contribution is 7.09. The average molecular weight is 303 g/mol. The van der Waals surface area contributed by atoms with E-state index in [1.807, 2.05) is 12.3 Å². The van der Waals surface area contributed by atoms with E-state index < -0.39 is 0 Å². The summed E-state index contributed by atoms with van der Waals surface area (Å²) in [4.78, 5) is 16.1. The standard InChI is InChI=1S/C10H8Cl2N4OS/c1-5-14-6(4-18-5)3-13-10(17)7-2-8(11)15-16-9(7)12/h2,4H,3H2,1H3,(H,13,17). The van der Waals surface area contributed by atoms with E-state index in [9.17, 15) is 4.79 Å². The minimum Gasteiger partial charge on any atom is -0.346 e. The summed E-state index contributed by atoms with van der Waals surface area (Å²) in [5.74, 6) is -0.359. The first-order valence-corrected chi connectivity index (χ1v) is 6.58. The maximum Gasteiger partial charge on any atom is 0.254 e. The van der Waals surface area contributed by atoms with Gasteiger partial charge in [0, 0.05) is 5.38 Å². The van der Waals surface area contributed by atoms with Gasteiger partial charge in [0.15, 0.2) is 10.3 Å². The van der Waals surface area contributed by atoms with Crippen LogP contribution < -0.4 is 5.32 Å². The summed E-state index contributed by atoms with van der Waals surface area (Å²) in [6.07, 6.45) is 0. The number of carbonyl (C=O) groups excluding carboxylic acids is 1. The molecule has 0 radical (unpaired) electrons. The van der Waals surface area contributed by atoms with Gasteiger partial charge in [-0.3, -0.25) is 4.79 Å². The number of aryl methyl sites for hydroxylation is 1. The third-order valence-electron chi connectivity index (χ3n) is 2.06. The molecule has 5 nitrogen and oxygen atoms in total. The second-order valence-electron chi connectivity index (χ2n) is 3.41. The molecule has 0 saturated carbocycles. The van der Waals surface area contributed by atoms with E-state index in [0.717, 1.165) is 10.7 Å². The van der Waals surface area contributed by atoms with Crippen molar-refractivity contribution >= 4 is 40.4 Å². The zero-order valence-corrected chi connectivity index (χ0v) is 11.6. The van der Waals surface area contributed by atoms with Crippen LogP contribution >= 0.6 is 34.5 Å². The lowest BCUT2D eigenvalue weighted by Gasteiger charge is -2.04. The largest absolute Gasteiger partial charge is 0.346 e. The summed E-state index contributed by atoms with van der Waals surface area (Å²) in [5.41, 5.74) is 0.999. The molecule has 0 aliphatic rings. The van der Waals surface area contributed by atoms with E-state index in [1.165, 1.54) is 17.4 Å². The zero-order chi connectivity index (χ0) is 13.1. The molecule has 1 amide bonds. The number of hydrogen-bond donors (Lipinski definition) is 1. The summed E-state index contributed by atoms with van der Waals surface area (Å²) in [5, 5.41) is 12.8. The molecule has 8 heteroatoms. The van der Waals surface area contributed by atoms with Crippen LogP contribution in [0.4, 0.5) is 0 Å². The highest BCUT2D eigenvalue weighted by atomic mass is 35.5. The highest BCUT2D eigenvalue weighted by Crippen LogP contribution is 2.15. The van der Waals surface area contributed by atoms with Crippen LogP contribution in [0, 0.1) is 6.92 Å². The fourth-order valence-electron chi connectivity index (χ4n) is 1.27. The summed E-state index contributed by atoms with van der Waals surface area (Å²) >= 11 is 13.0. The van der Waals surface area contributed by atoms with Crippen molar-refractivity contribution in [2.24, 2.45) is 0 Å². The van der Waals surface area contributed by atoms with Gasteiger partial charge in [-0.2, -0.15) is 0 Å². The molecule has 0 aliphatic heterocycles. The van der Waals surface area contributed by atoms with Crippen molar-refractivity contribution in [2.75, 3.05) is 0 Å². The second-order valence-corrected chi connectivity index (χ2v) is 5.22. The second kappa shape index (κ2) is 5.60. The molecule has 0 bridgehead atoms. The third-order valence-corrected chi connectivity index (χ3v) is 3.35. The number of halogens is 2. The lowest BCUT2D eigenvalue weighted by Crippen LogP contribution is -2.23. The Morgan fingerprint density at radius 2 is 2.22 bits per heavy atom. The molecule has 0 aromatic carbocycles. The molecule has 0 fully saturated rings. The number of nitrogens with zero attached hydrogens (tertiary/aromatic N) is 3. The van der Waals surface area contributed by atoms with Gasteiger partial charge >= 0.3 is 0 Å². The first-order chi connectivity index (χ1) is 8.56. The predicted molar refractivity (Wildman–Crippen MR) is 70.1 cm³/mol. The highest BCUT2D eigenvalue weighted by Gasteiger charge is 2.13. The van der Waals surface area contributed by atoms with Gasteiger partial charge in [0.1, 0.15) is 0 Å². The number of aromatic nitrogens is 3. The number of carbonyl (C=O) groups is 1. The maximum absolute atomic E-state index is 11.9. The fraction of sp³-hybridized carbons (Fsp3) is 0.200. The number of rotatable bonds is 3. The molecule has 2 heterocycles. The number of thiazole rings is 1. The Morgan fingerprint density at radius 3 is 2.89 bits per heavy atom. The van der Waals surface area contributed by atoms with Gasteiger partial charge in [-0.1, -0.05) is 23.2 Å². The Balaban J connectivity index is 2.05. The van der Waals surface area contributed by atoms with Gasteiger partial charge in [0.2, 0.25) is 0 Å². The van der Waals surface area contributed by atoms with Gasteiger partial charge < -0.3 is 5.32 Å². The van der Waals surface area contributed by atoms with Crippen molar-refractivity contribution in [3.63, 3.8) is 0 Å². The minimum absolute atomic E-state index is 0.0198. The van der Waals surface area contributed by atoms with Crippen molar-refractivity contribution in [2.45, 2.75) is 13.5 Å². The normalized spacial score (nSPS) is 10.4.